The van der Waals surface area contributed by atoms with E-state index < -0.39 is 12.0 Å². The number of rotatable bonds is 2. The van der Waals surface area contributed by atoms with E-state index >= 15 is 0 Å². The van der Waals surface area contributed by atoms with E-state index in [1.54, 1.807) is 25.2 Å². The SMILES string of the molecule is COC(=O)/C(=C1/NC(=O)c2ccc(Br)cc21)C1CCC(=O)N1C. The average molecular weight is 379 g/mol. The third-order valence-electron chi connectivity index (χ3n) is 4.23. The lowest BCUT2D eigenvalue weighted by atomic mass is 9.98. The summed E-state index contributed by atoms with van der Waals surface area (Å²) in [5.74, 6) is -0.841. The molecule has 3 rings (SSSR count). The molecule has 7 heteroatoms. The Kier molecular flexibility index (Phi) is 3.97. The second kappa shape index (κ2) is 5.81. The van der Waals surface area contributed by atoms with Crippen molar-refractivity contribution >= 4 is 39.4 Å². The van der Waals surface area contributed by atoms with Gasteiger partial charge in [0, 0.05) is 29.1 Å². The number of likely N-dealkylation sites (N-methyl/N-ethyl adjacent to an activating group) is 1. The first-order chi connectivity index (χ1) is 10.9. The molecular formula is C16H15BrN2O4. The molecule has 0 aliphatic carbocycles. The molecule has 1 aromatic carbocycles. The average Bonchev–Trinajstić information content (AvgIpc) is 3.02. The van der Waals surface area contributed by atoms with Crippen molar-refractivity contribution in [2.24, 2.45) is 0 Å². The zero-order valence-corrected chi connectivity index (χ0v) is 14.3. The smallest absolute Gasteiger partial charge is 0.337 e. The van der Waals surface area contributed by atoms with Crippen LogP contribution in [-0.4, -0.2) is 42.9 Å². The summed E-state index contributed by atoms with van der Waals surface area (Å²) in [7, 11) is 2.94. The summed E-state index contributed by atoms with van der Waals surface area (Å²) in [6.45, 7) is 0. The zero-order valence-electron chi connectivity index (χ0n) is 12.7. The molecule has 2 heterocycles. The fourth-order valence-corrected chi connectivity index (χ4v) is 3.40. The molecule has 0 radical (unpaired) electrons. The monoisotopic (exact) mass is 378 g/mol. The van der Waals surface area contributed by atoms with Crippen molar-refractivity contribution in [3.05, 3.63) is 39.4 Å². The van der Waals surface area contributed by atoms with Crippen molar-refractivity contribution in [1.29, 1.82) is 0 Å². The number of likely N-dealkylation sites (tertiary alicyclic amines) is 1. The number of amides is 2. The Morgan fingerprint density at radius 2 is 2.09 bits per heavy atom. The molecule has 1 atom stereocenters. The Bertz CT molecular complexity index is 756. The van der Waals surface area contributed by atoms with Gasteiger partial charge in [-0.1, -0.05) is 15.9 Å². The van der Waals surface area contributed by atoms with Crippen LogP contribution in [0.25, 0.3) is 5.70 Å². The number of ether oxygens (including phenoxy) is 1. The molecule has 0 bridgehead atoms. The molecular weight excluding hydrogens is 364 g/mol. The highest BCUT2D eigenvalue weighted by Gasteiger charge is 2.39. The van der Waals surface area contributed by atoms with E-state index in [9.17, 15) is 14.4 Å². The molecule has 0 aromatic heterocycles. The fraction of sp³-hybridized carbons (Fsp3) is 0.312. The van der Waals surface area contributed by atoms with Gasteiger partial charge in [0.2, 0.25) is 5.91 Å². The van der Waals surface area contributed by atoms with E-state index in [0.29, 0.717) is 35.2 Å². The Labute approximate surface area is 141 Å². The molecule has 0 saturated carbocycles. The predicted octanol–water partition coefficient (Wildman–Crippen LogP) is 1.70. The predicted molar refractivity (Wildman–Crippen MR) is 86.3 cm³/mol. The number of halogens is 1. The van der Waals surface area contributed by atoms with Crippen LogP contribution in [0.15, 0.2) is 28.2 Å². The van der Waals surface area contributed by atoms with Gasteiger partial charge in [-0.05, 0) is 24.6 Å². The van der Waals surface area contributed by atoms with Gasteiger partial charge in [0.25, 0.3) is 5.91 Å². The molecule has 120 valence electrons. The molecule has 6 nitrogen and oxygen atoms in total. The van der Waals surface area contributed by atoms with Crippen LogP contribution < -0.4 is 5.32 Å². The van der Waals surface area contributed by atoms with Gasteiger partial charge in [-0.25, -0.2) is 4.79 Å². The molecule has 2 amide bonds. The minimum atomic E-state index is -0.542. The van der Waals surface area contributed by atoms with Gasteiger partial charge in [0.15, 0.2) is 0 Å². The number of hydrogen-bond acceptors (Lipinski definition) is 4. The first-order valence-electron chi connectivity index (χ1n) is 7.13. The number of hydrogen-bond donors (Lipinski definition) is 1. The van der Waals surface area contributed by atoms with Crippen molar-refractivity contribution in [3.63, 3.8) is 0 Å². The third kappa shape index (κ3) is 2.55. The van der Waals surface area contributed by atoms with Gasteiger partial charge < -0.3 is 15.0 Å². The second-order valence-corrected chi connectivity index (χ2v) is 6.40. The van der Waals surface area contributed by atoms with Crippen molar-refractivity contribution in [2.45, 2.75) is 18.9 Å². The summed E-state index contributed by atoms with van der Waals surface area (Å²) in [6, 6.07) is 4.84. The van der Waals surface area contributed by atoms with Crippen molar-refractivity contribution in [3.8, 4) is 0 Å². The van der Waals surface area contributed by atoms with Crippen LogP contribution in [0.1, 0.15) is 28.8 Å². The van der Waals surface area contributed by atoms with Crippen LogP contribution in [-0.2, 0) is 14.3 Å². The first-order valence-corrected chi connectivity index (χ1v) is 7.92. The third-order valence-corrected chi connectivity index (χ3v) is 4.73. The normalized spacial score (nSPS) is 22.0. The zero-order chi connectivity index (χ0) is 16.7. The first kappa shape index (κ1) is 15.7. The lowest BCUT2D eigenvalue weighted by Crippen LogP contribution is -2.35. The molecule has 1 saturated heterocycles. The number of benzene rings is 1. The topological polar surface area (TPSA) is 75.7 Å². The quantitative estimate of drug-likeness (QED) is 0.627. The van der Waals surface area contributed by atoms with E-state index in [1.165, 1.54) is 12.0 Å². The summed E-state index contributed by atoms with van der Waals surface area (Å²) in [4.78, 5) is 37.9. The Morgan fingerprint density at radius 1 is 1.35 bits per heavy atom. The van der Waals surface area contributed by atoms with E-state index in [1.807, 2.05) is 0 Å². The molecule has 1 aromatic rings. The number of fused-ring (bicyclic) bond motifs is 1. The van der Waals surface area contributed by atoms with Crippen molar-refractivity contribution in [2.75, 3.05) is 14.2 Å². The molecule has 0 spiro atoms. The van der Waals surface area contributed by atoms with E-state index in [4.69, 9.17) is 4.74 Å². The minimum absolute atomic E-state index is 0.0317. The molecule has 2 aliphatic heterocycles. The van der Waals surface area contributed by atoms with Crippen LogP contribution in [0.2, 0.25) is 0 Å². The summed E-state index contributed by atoms with van der Waals surface area (Å²) in [6.07, 6.45) is 0.886. The van der Waals surface area contributed by atoms with Gasteiger partial charge in [-0.3, -0.25) is 9.59 Å². The van der Waals surface area contributed by atoms with Crippen LogP contribution >= 0.6 is 15.9 Å². The molecule has 1 unspecified atom stereocenters. The molecule has 2 aliphatic rings. The van der Waals surface area contributed by atoms with Gasteiger partial charge in [-0.2, -0.15) is 0 Å². The highest BCUT2D eigenvalue weighted by Crippen LogP contribution is 2.34. The summed E-state index contributed by atoms with van der Waals surface area (Å²) < 4.78 is 5.70. The molecule has 23 heavy (non-hydrogen) atoms. The maximum atomic E-state index is 12.4. The Hall–Kier alpha value is -2.15. The number of esters is 1. The fourth-order valence-electron chi connectivity index (χ4n) is 3.04. The Balaban J connectivity index is 2.19. The van der Waals surface area contributed by atoms with Gasteiger partial charge in [0.1, 0.15) is 0 Å². The number of nitrogens with zero attached hydrogens (tertiary/aromatic N) is 1. The number of methoxy groups -OCH3 is 1. The number of nitrogens with one attached hydrogen (secondary N) is 1. The minimum Gasteiger partial charge on any atom is -0.466 e. The summed E-state index contributed by atoms with van der Waals surface area (Å²) in [5.41, 5.74) is 1.87. The number of carbonyl (C=O) groups excluding carboxylic acids is 3. The molecule has 1 fully saturated rings. The van der Waals surface area contributed by atoms with Gasteiger partial charge in [-0.15, -0.1) is 0 Å². The standard InChI is InChI=1S/C16H15BrN2O4/c1-19-11(5-6-12(19)20)13(16(22)23-2)14-10-7-8(17)3-4-9(10)15(21)18-14/h3-4,7,11H,5-6H2,1-2H3,(H,18,21)/b14-13+. The molecule has 1 N–H and O–H groups in total. The number of carbonyl (C=O) groups is 3. The summed E-state index contributed by atoms with van der Waals surface area (Å²) >= 11 is 3.38. The maximum Gasteiger partial charge on any atom is 0.337 e. The Morgan fingerprint density at radius 3 is 2.70 bits per heavy atom. The second-order valence-electron chi connectivity index (χ2n) is 5.48. The highest BCUT2D eigenvalue weighted by atomic mass is 79.9. The van der Waals surface area contributed by atoms with Crippen LogP contribution in [0.4, 0.5) is 0 Å². The van der Waals surface area contributed by atoms with Gasteiger partial charge >= 0.3 is 5.97 Å². The maximum absolute atomic E-state index is 12.4. The van der Waals surface area contributed by atoms with Crippen LogP contribution in [0.3, 0.4) is 0 Å². The van der Waals surface area contributed by atoms with E-state index in [0.717, 1.165) is 4.47 Å². The van der Waals surface area contributed by atoms with E-state index in [-0.39, 0.29) is 11.8 Å². The van der Waals surface area contributed by atoms with E-state index in [2.05, 4.69) is 21.2 Å². The van der Waals surface area contributed by atoms with Crippen molar-refractivity contribution < 1.29 is 19.1 Å². The van der Waals surface area contributed by atoms with Crippen LogP contribution in [0.5, 0.6) is 0 Å². The van der Waals surface area contributed by atoms with Gasteiger partial charge in [0.05, 0.1) is 24.4 Å². The highest BCUT2D eigenvalue weighted by molar-refractivity contribution is 9.10. The van der Waals surface area contributed by atoms with Crippen LogP contribution in [0, 0.1) is 0 Å². The van der Waals surface area contributed by atoms with Crippen molar-refractivity contribution in [1.82, 2.24) is 10.2 Å². The summed E-state index contributed by atoms with van der Waals surface area (Å²) in [5, 5.41) is 2.76. The largest absolute Gasteiger partial charge is 0.466 e. The lowest BCUT2D eigenvalue weighted by molar-refractivity contribution is -0.136. The lowest BCUT2D eigenvalue weighted by Gasteiger charge is -2.23.